The van der Waals surface area contributed by atoms with Crippen molar-refractivity contribution in [2.24, 2.45) is 0 Å². The largest absolute Gasteiger partial charge is 0.479 e. The van der Waals surface area contributed by atoms with E-state index in [9.17, 15) is 15.0 Å². The van der Waals surface area contributed by atoms with Crippen molar-refractivity contribution in [1.82, 2.24) is 0 Å². The summed E-state index contributed by atoms with van der Waals surface area (Å²) < 4.78 is 10.0. The molecule has 0 aliphatic carbocycles. The molecule has 7 nitrogen and oxygen atoms in total. The maximum Gasteiger partial charge on any atom is 0.335 e. The summed E-state index contributed by atoms with van der Waals surface area (Å²) >= 11 is 0. The highest BCUT2D eigenvalue weighted by Gasteiger charge is 2.38. The Kier molecular flexibility index (Phi) is 8.01. The second kappa shape index (κ2) is 8.37. The molecule has 0 fully saturated rings. The smallest absolute Gasteiger partial charge is 0.335 e. The van der Waals surface area contributed by atoms with Crippen molar-refractivity contribution in [1.29, 1.82) is 0 Å². The summed E-state index contributed by atoms with van der Waals surface area (Å²) in [4.78, 5) is 11.0. The summed E-state index contributed by atoms with van der Waals surface area (Å²) in [7, 11) is 0. The first-order chi connectivity index (χ1) is 7.99. The number of carboxylic acid groups (broad SMARTS) is 1. The average Bonchev–Trinajstić information content (AvgIpc) is 2.31. The molecule has 0 aromatic heterocycles. The molecule has 0 aromatic carbocycles. The summed E-state index contributed by atoms with van der Waals surface area (Å²) in [6.07, 6.45) is -5.64. The van der Waals surface area contributed by atoms with Crippen LogP contribution in [0.25, 0.3) is 0 Å². The highest BCUT2D eigenvalue weighted by atomic mass is 16.6. The first-order valence-electron chi connectivity index (χ1n) is 5.42. The van der Waals surface area contributed by atoms with E-state index in [4.69, 9.17) is 19.7 Å². The molecule has 4 unspecified atom stereocenters. The van der Waals surface area contributed by atoms with Crippen LogP contribution in [0.1, 0.15) is 13.8 Å². The van der Waals surface area contributed by atoms with Crippen LogP contribution in [-0.2, 0) is 14.3 Å². The van der Waals surface area contributed by atoms with E-state index in [1.54, 1.807) is 13.8 Å². The third-order valence-corrected chi connectivity index (χ3v) is 2.17. The zero-order valence-electron chi connectivity index (χ0n) is 9.94. The number of ether oxygens (including phenoxy) is 2. The summed E-state index contributed by atoms with van der Waals surface area (Å²) in [5.41, 5.74) is 0. The van der Waals surface area contributed by atoms with E-state index in [-0.39, 0.29) is 13.2 Å². The van der Waals surface area contributed by atoms with Gasteiger partial charge in [-0.15, -0.1) is 0 Å². The van der Waals surface area contributed by atoms with Gasteiger partial charge in [-0.1, -0.05) is 0 Å². The fourth-order valence-corrected chi connectivity index (χ4v) is 1.37. The van der Waals surface area contributed by atoms with Crippen molar-refractivity contribution in [3.05, 3.63) is 0 Å². The molecule has 0 bridgehead atoms. The van der Waals surface area contributed by atoms with Gasteiger partial charge in [0.1, 0.15) is 18.3 Å². The second-order valence-electron chi connectivity index (χ2n) is 3.37. The molecule has 0 saturated carbocycles. The van der Waals surface area contributed by atoms with E-state index in [0.29, 0.717) is 0 Å². The molecule has 0 amide bonds. The fraction of sp³-hybridized carbons (Fsp3) is 0.900. The topological polar surface area (TPSA) is 116 Å². The highest BCUT2D eigenvalue weighted by Crippen LogP contribution is 2.13. The number of carboxylic acids is 1. The van der Waals surface area contributed by atoms with Gasteiger partial charge in [-0.05, 0) is 13.8 Å². The number of aliphatic hydroxyl groups excluding tert-OH is 3. The number of aliphatic carboxylic acids is 1. The molecule has 0 heterocycles. The SMILES string of the molecule is CCOC(C(=O)O)C(OCC)C(O)C(O)CO. The van der Waals surface area contributed by atoms with Crippen molar-refractivity contribution in [2.45, 2.75) is 38.3 Å². The Bertz CT molecular complexity index is 221. The molecule has 0 aliphatic rings. The van der Waals surface area contributed by atoms with Crippen LogP contribution in [0.3, 0.4) is 0 Å². The maximum absolute atomic E-state index is 11.0. The first-order valence-corrected chi connectivity index (χ1v) is 5.42. The lowest BCUT2D eigenvalue weighted by Crippen LogP contribution is -2.51. The molecule has 102 valence electrons. The third-order valence-electron chi connectivity index (χ3n) is 2.17. The average molecular weight is 252 g/mol. The molecule has 0 aliphatic heterocycles. The Morgan fingerprint density at radius 1 is 1.18 bits per heavy atom. The van der Waals surface area contributed by atoms with Crippen molar-refractivity contribution >= 4 is 5.97 Å². The quantitative estimate of drug-likeness (QED) is 0.398. The van der Waals surface area contributed by atoms with Gasteiger partial charge >= 0.3 is 5.97 Å². The van der Waals surface area contributed by atoms with Crippen LogP contribution in [-0.4, -0.2) is 70.6 Å². The van der Waals surface area contributed by atoms with Crippen LogP contribution in [0.5, 0.6) is 0 Å². The fourth-order valence-electron chi connectivity index (χ4n) is 1.37. The molecule has 0 rings (SSSR count). The zero-order chi connectivity index (χ0) is 13.4. The number of carbonyl (C=O) groups is 1. The van der Waals surface area contributed by atoms with Gasteiger partial charge in [0.15, 0.2) is 6.10 Å². The van der Waals surface area contributed by atoms with Gasteiger partial charge in [0.25, 0.3) is 0 Å². The van der Waals surface area contributed by atoms with Crippen LogP contribution < -0.4 is 0 Å². The van der Waals surface area contributed by atoms with Crippen molar-refractivity contribution in [2.75, 3.05) is 19.8 Å². The lowest BCUT2D eigenvalue weighted by Gasteiger charge is -2.29. The van der Waals surface area contributed by atoms with Crippen LogP contribution >= 0.6 is 0 Å². The van der Waals surface area contributed by atoms with Crippen LogP contribution in [0.4, 0.5) is 0 Å². The minimum Gasteiger partial charge on any atom is -0.479 e. The molecular weight excluding hydrogens is 232 g/mol. The molecular formula is C10H20O7. The van der Waals surface area contributed by atoms with Crippen LogP contribution in [0, 0.1) is 0 Å². The Hall–Kier alpha value is -0.730. The Labute approximate surface area is 99.6 Å². The molecule has 4 N–H and O–H groups in total. The van der Waals surface area contributed by atoms with Gasteiger partial charge in [-0.3, -0.25) is 0 Å². The van der Waals surface area contributed by atoms with Gasteiger partial charge in [-0.25, -0.2) is 4.79 Å². The predicted molar refractivity (Wildman–Crippen MR) is 57.6 cm³/mol. The minimum absolute atomic E-state index is 0.127. The van der Waals surface area contributed by atoms with Gasteiger partial charge in [-0.2, -0.15) is 0 Å². The lowest BCUT2D eigenvalue weighted by molar-refractivity contribution is -0.180. The second-order valence-corrected chi connectivity index (χ2v) is 3.37. The normalized spacial score (nSPS) is 18.4. The van der Waals surface area contributed by atoms with Gasteiger partial charge in [0.05, 0.1) is 6.61 Å². The van der Waals surface area contributed by atoms with Crippen molar-refractivity contribution in [3.8, 4) is 0 Å². The predicted octanol–water partition coefficient (Wildman–Crippen LogP) is -1.40. The maximum atomic E-state index is 11.0. The first kappa shape index (κ1) is 16.3. The monoisotopic (exact) mass is 252 g/mol. The Balaban J connectivity index is 4.82. The van der Waals surface area contributed by atoms with Crippen LogP contribution in [0.15, 0.2) is 0 Å². The van der Waals surface area contributed by atoms with Gasteiger partial charge < -0.3 is 29.9 Å². The summed E-state index contributed by atoms with van der Waals surface area (Å²) in [6.45, 7) is 2.81. The van der Waals surface area contributed by atoms with E-state index in [2.05, 4.69) is 0 Å². The van der Waals surface area contributed by atoms with Gasteiger partial charge in [0.2, 0.25) is 0 Å². The summed E-state index contributed by atoms with van der Waals surface area (Å²) in [5.74, 6) is -1.30. The molecule has 7 heteroatoms. The van der Waals surface area contributed by atoms with E-state index < -0.39 is 37.0 Å². The highest BCUT2D eigenvalue weighted by molar-refractivity contribution is 5.73. The third kappa shape index (κ3) is 4.97. The summed E-state index contributed by atoms with van der Waals surface area (Å²) in [5, 5.41) is 36.6. The Morgan fingerprint density at radius 3 is 2.06 bits per heavy atom. The standard InChI is InChI=1S/C10H20O7/c1-3-16-8(7(13)6(12)5-11)9(10(14)15)17-4-2/h6-9,11-13H,3-5H2,1-2H3,(H,14,15). The van der Waals surface area contributed by atoms with Crippen molar-refractivity contribution < 1.29 is 34.7 Å². The Morgan fingerprint density at radius 2 is 1.71 bits per heavy atom. The molecule has 0 radical (unpaired) electrons. The van der Waals surface area contributed by atoms with E-state index in [1.807, 2.05) is 0 Å². The van der Waals surface area contributed by atoms with E-state index in [0.717, 1.165) is 0 Å². The molecule has 0 saturated heterocycles. The van der Waals surface area contributed by atoms with Crippen LogP contribution in [0.2, 0.25) is 0 Å². The molecule has 0 spiro atoms. The number of rotatable bonds is 9. The molecule has 4 atom stereocenters. The minimum atomic E-state index is -1.53. The van der Waals surface area contributed by atoms with Crippen molar-refractivity contribution in [3.63, 3.8) is 0 Å². The lowest BCUT2D eigenvalue weighted by atomic mass is 10.0. The summed E-state index contributed by atoms with van der Waals surface area (Å²) in [6, 6.07) is 0. The molecule has 17 heavy (non-hydrogen) atoms. The van der Waals surface area contributed by atoms with Gasteiger partial charge in [0, 0.05) is 13.2 Å². The molecule has 0 aromatic rings. The number of aliphatic hydroxyl groups is 3. The zero-order valence-corrected chi connectivity index (χ0v) is 9.94. The number of hydrogen-bond acceptors (Lipinski definition) is 6. The van der Waals surface area contributed by atoms with E-state index >= 15 is 0 Å². The number of hydrogen-bond donors (Lipinski definition) is 4. The van der Waals surface area contributed by atoms with E-state index in [1.165, 1.54) is 0 Å².